The van der Waals surface area contributed by atoms with Crippen molar-refractivity contribution in [3.8, 4) is 0 Å². The van der Waals surface area contributed by atoms with Gasteiger partial charge in [-0.25, -0.2) is 9.97 Å². The summed E-state index contributed by atoms with van der Waals surface area (Å²) in [5.74, 6) is 3.03. The largest absolute Gasteiger partial charge is 0.361 e. The number of anilines is 2. The normalized spacial score (nSPS) is 15.9. The fourth-order valence-corrected chi connectivity index (χ4v) is 3.42. The van der Waals surface area contributed by atoms with Gasteiger partial charge in [0, 0.05) is 30.4 Å². The van der Waals surface area contributed by atoms with Crippen LogP contribution in [-0.2, 0) is 6.54 Å². The van der Waals surface area contributed by atoms with Crippen molar-refractivity contribution in [3.05, 3.63) is 65.8 Å². The molecule has 0 saturated carbocycles. The molecule has 6 heteroatoms. The lowest BCUT2D eigenvalue weighted by molar-refractivity contribution is 0.198. The van der Waals surface area contributed by atoms with Gasteiger partial charge in [0.2, 0.25) is 0 Å². The third-order valence-electron chi connectivity index (χ3n) is 4.76. The predicted molar refractivity (Wildman–Crippen MR) is 100 cm³/mol. The molecule has 0 atom stereocenters. The Morgan fingerprint density at radius 1 is 1.12 bits per heavy atom. The highest BCUT2D eigenvalue weighted by Crippen LogP contribution is 2.28. The minimum atomic E-state index is 0.496. The van der Waals surface area contributed by atoms with Gasteiger partial charge in [0.25, 0.3) is 0 Å². The third kappa shape index (κ3) is 4.08. The van der Waals surface area contributed by atoms with Crippen LogP contribution in [0.25, 0.3) is 0 Å². The first kappa shape index (κ1) is 16.7. The SMILES string of the molecule is Cc1cc(CN2CCC(c3cccc(Nc4ccccn4)n3)CC2)no1. The summed E-state index contributed by atoms with van der Waals surface area (Å²) in [4.78, 5) is 11.5. The number of hydrogen-bond donors (Lipinski definition) is 1. The number of nitrogens with one attached hydrogen (secondary N) is 1. The molecule has 0 radical (unpaired) electrons. The highest BCUT2D eigenvalue weighted by atomic mass is 16.5. The van der Waals surface area contributed by atoms with Crippen molar-refractivity contribution in [2.45, 2.75) is 32.2 Å². The molecular formula is C20H23N5O. The van der Waals surface area contributed by atoms with Gasteiger partial charge in [0.05, 0.1) is 5.69 Å². The zero-order valence-corrected chi connectivity index (χ0v) is 14.9. The van der Waals surface area contributed by atoms with E-state index in [9.17, 15) is 0 Å². The maximum atomic E-state index is 5.16. The standard InChI is InChI=1S/C20H23N5O/c1-15-13-17(24-26-15)14-25-11-8-16(9-12-25)18-5-4-7-20(22-18)23-19-6-2-3-10-21-19/h2-7,10,13,16H,8-9,11-12,14H2,1H3,(H,21,22,23). The van der Waals surface area contributed by atoms with Crippen molar-refractivity contribution in [2.75, 3.05) is 18.4 Å². The van der Waals surface area contributed by atoms with Crippen LogP contribution >= 0.6 is 0 Å². The quantitative estimate of drug-likeness (QED) is 0.753. The molecule has 6 nitrogen and oxygen atoms in total. The van der Waals surface area contributed by atoms with E-state index in [0.717, 1.165) is 61.3 Å². The van der Waals surface area contributed by atoms with Crippen LogP contribution in [-0.4, -0.2) is 33.1 Å². The Balaban J connectivity index is 1.36. The second-order valence-electron chi connectivity index (χ2n) is 6.77. The molecule has 1 saturated heterocycles. The van der Waals surface area contributed by atoms with Crippen LogP contribution in [0.1, 0.15) is 35.9 Å². The van der Waals surface area contributed by atoms with Gasteiger partial charge in [-0.3, -0.25) is 4.90 Å². The molecule has 0 spiro atoms. The zero-order chi connectivity index (χ0) is 17.8. The topological polar surface area (TPSA) is 67.1 Å². The summed E-state index contributed by atoms with van der Waals surface area (Å²) in [7, 11) is 0. The van der Waals surface area contributed by atoms with E-state index in [-0.39, 0.29) is 0 Å². The summed E-state index contributed by atoms with van der Waals surface area (Å²) in [6.07, 6.45) is 3.99. The first-order valence-corrected chi connectivity index (χ1v) is 9.06. The maximum Gasteiger partial charge on any atom is 0.133 e. The van der Waals surface area contributed by atoms with E-state index in [1.54, 1.807) is 6.20 Å². The molecule has 0 amide bonds. The number of nitrogens with zero attached hydrogens (tertiary/aromatic N) is 4. The van der Waals surface area contributed by atoms with Crippen LogP contribution < -0.4 is 5.32 Å². The molecule has 4 rings (SSSR count). The van der Waals surface area contributed by atoms with E-state index in [2.05, 4.69) is 32.5 Å². The molecule has 1 N–H and O–H groups in total. The number of aryl methyl sites for hydroxylation is 1. The van der Waals surface area contributed by atoms with E-state index < -0.39 is 0 Å². The van der Waals surface area contributed by atoms with Gasteiger partial charge in [-0.05, 0) is 57.1 Å². The van der Waals surface area contributed by atoms with Gasteiger partial charge >= 0.3 is 0 Å². The van der Waals surface area contributed by atoms with Crippen molar-refractivity contribution in [2.24, 2.45) is 0 Å². The Bertz CT molecular complexity index is 840. The second-order valence-corrected chi connectivity index (χ2v) is 6.77. The van der Waals surface area contributed by atoms with Crippen LogP contribution in [0.4, 0.5) is 11.6 Å². The summed E-state index contributed by atoms with van der Waals surface area (Å²) in [5, 5.41) is 7.37. The number of rotatable bonds is 5. The Kier molecular flexibility index (Phi) is 4.93. The van der Waals surface area contributed by atoms with Gasteiger partial charge in [-0.15, -0.1) is 0 Å². The Morgan fingerprint density at radius 2 is 1.96 bits per heavy atom. The van der Waals surface area contributed by atoms with E-state index in [0.29, 0.717) is 5.92 Å². The molecule has 134 valence electrons. The first-order chi connectivity index (χ1) is 12.8. The number of pyridine rings is 2. The maximum absolute atomic E-state index is 5.16. The van der Waals surface area contributed by atoms with E-state index >= 15 is 0 Å². The average molecular weight is 349 g/mol. The summed E-state index contributed by atoms with van der Waals surface area (Å²) in [6.45, 7) is 4.89. The molecule has 26 heavy (non-hydrogen) atoms. The molecule has 0 bridgehead atoms. The minimum absolute atomic E-state index is 0.496. The number of likely N-dealkylation sites (tertiary alicyclic amines) is 1. The third-order valence-corrected chi connectivity index (χ3v) is 4.76. The van der Waals surface area contributed by atoms with Crippen molar-refractivity contribution in [3.63, 3.8) is 0 Å². The molecule has 3 aromatic rings. The summed E-state index contributed by atoms with van der Waals surface area (Å²) < 4.78 is 5.16. The van der Waals surface area contributed by atoms with Crippen LogP contribution in [0.15, 0.2) is 53.2 Å². The Hall–Kier alpha value is -2.73. The summed E-state index contributed by atoms with van der Waals surface area (Å²) in [5.41, 5.74) is 2.17. The fraction of sp³-hybridized carbons (Fsp3) is 0.350. The first-order valence-electron chi connectivity index (χ1n) is 9.06. The van der Waals surface area contributed by atoms with Crippen molar-refractivity contribution < 1.29 is 4.52 Å². The van der Waals surface area contributed by atoms with Crippen molar-refractivity contribution >= 4 is 11.6 Å². The second kappa shape index (κ2) is 7.66. The highest BCUT2D eigenvalue weighted by Gasteiger charge is 2.22. The summed E-state index contributed by atoms with van der Waals surface area (Å²) in [6, 6.07) is 14.0. The van der Waals surface area contributed by atoms with Crippen molar-refractivity contribution in [1.29, 1.82) is 0 Å². The number of aromatic nitrogens is 3. The summed E-state index contributed by atoms with van der Waals surface area (Å²) >= 11 is 0. The molecular weight excluding hydrogens is 326 g/mol. The monoisotopic (exact) mass is 349 g/mol. The lowest BCUT2D eigenvalue weighted by Crippen LogP contribution is -2.32. The van der Waals surface area contributed by atoms with Crippen LogP contribution in [0.5, 0.6) is 0 Å². The van der Waals surface area contributed by atoms with Gasteiger partial charge < -0.3 is 9.84 Å². The molecule has 3 aromatic heterocycles. The minimum Gasteiger partial charge on any atom is -0.361 e. The van der Waals surface area contributed by atoms with Gasteiger partial charge in [0.1, 0.15) is 17.4 Å². The molecule has 1 aliphatic heterocycles. The number of hydrogen-bond acceptors (Lipinski definition) is 6. The smallest absolute Gasteiger partial charge is 0.133 e. The lowest BCUT2D eigenvalue weighted by Gasteiger charge is -2.31. The van der Waals surface area contributed by atoms with E-state index in [1.165, 1.54) is 0 Å². The van der Waals surface area contributed by atoms with Crippen LogP contribution in [0.2, 0.25) is 0 Å². The van der Waals surface area contributed by atoms with Gasteiger partial charge in [0.15, 0.2) is 0 Å². The van der Waals surface area contributed by atoms with Gasteiger partial charge in [-0.2, -0.15) is 0 Å². The van der Waals surface area contributed by atoms with E-state index in [1.807, 2.05) is 37.3 Å². The Morgan fingerprint density at radius 3 is 2.69 bits per heavy atom. The fourth-order valence-electron chi connectivity index (χ4n) is 3.42. The van der Waals surface area contributed by atoms with Crippen LogP contribution in [0.3, 0.4) is 0 Å². The zero-order valence-electron chi connectivity index (χ0n) is 14.9. The average Bonchev–Trinajstić information content (AvgIpc) is 3.08. The molecule has 1 fully saturated rings. The molecule has 0 aromatic carbocycles. The highest BCUT2D eigenvalue weighted by molar-refractivity contribution is 5.51. The van der Waals surface area contributed by atoms with Crippen molar-refractivity contribution in [1.82, 2.24) is 20.0 Å². The predicted octanol–water partition coefficient (Wildman–Crippen LogP) is 3.90. The van der Waals surface area contributed by atoms with Gasteiger partial charge in [-0.1, -0.05) is 17.3 Å². The molecule has 4 heterocycles. The number of piperidine rings is 1. The van der Waals surface area contributed by atoms with Crippen LogP contribution in [0, 0.1) is 6.92 Å². The molecule has 1 aliphatic rings. The lowest BCUT2D eigenvalue weighted by atomic mass is 9.93. The van der Waals surface area contributed by atoms with E-state index in [4.69, 9.17) is 9.51 Å². The Labute approximate surface area is 153 Å². The molecule has 0 aliphatic carbocycles. The molecule has 0 unspecified atom stereocenters.